The SMILES string of the molecule is NC(=S)c1ccc(NC(=O)c2cccc(O)c2O)c(F)c1. The molecule has 5 N–H and O–H groups in total. The monoisotopic (exact) mass is 306 g/mol. The highest BCUT2D eigenvalue weighted by Gasteiger charge is 2.15. The molecule has 0 radical (unpaired) electrons. The minimum atomic E-state index is -0.759. The lowest BCUT2D eigenvalue weighted by molar-refractivity contribution is 0.102. The third-order valence-corrected chi connectivity index (χ3v) is 3.00. The number of nitrogens with two attached hydrogens (primary N) is 1. The van der Waals surface area contributed by atoms with Gasteiger partial charge in [-0.25, -0.2) is 4.39 Å². The minimum Gasteiger partial charge on any atom is -0.504 e. The summed E-state index contributed by atoms with van der Waals surface area (Å²) in [5, 5.41) is 21.2. The molecule has 1 amide bonds. The number of phenols is 2. The van der Waals surface area contributed by atoms with Gasteiger partial charge in [-0.05, 0) is 30.3 Å². The first kappa shape index (κ1) is 14.7. The number of hydrogen-bond acceptors (Lipinski definition) is 4. The van der Waals surface area contributed by atoms with E-state index in [9.17, 15) is 19.4 Å². The summed E-state index contributed by atoms with van der Waals surface area (Å²) in [5.41, 5.74) is 5.44. The number of thiocarbonyl (C=S) groups is 1. The Bertz CT molecular complexity index is 734. The van der Waals surface area contributed by atoms with Crippen LogP contribution in [0.5, 0.6) is 11.5 Å². The average molecular weight is 306 g/mol. The smallest absolute Gasteiger partial charge is 0.259 e. The van der Waals surface area contributed by atoms with Crippen molar-refractivity contribution < 1.29 is 19.4 Å². The van der Waals surface area contributed by atoms with E-state index >= 15 is 0 Å². The first-order chi connectivity index (χ1) is 9.90. The molecule has 0 saturated heterocycles. The maximum Gasteiger partial charge on any atom is 0.259 e. The van der Waals surface area contributed by atoms with Gasteiger partial charge in [0.25, 0.3) is 5.91 Å². The van der Waals surface area contributed by atoms with E-state index < -0.39 is 23.2 Å². The van der Waals surface area contributed by atoms with Crippen molar-refractivity contribution in [3.05, 3.63) is 53.3 Å². The van der Waals surface area contributed by atoms with E-state index in [0.717, 1.165) is 6.07 Å². The summed E-state index contributed by atoms with van der Waals surface area (Å²) >= 11 is 4.72. The van der Waals surface area contributed by atoms with Crippen LogP contribution in [0.2, 0.25) is 0 Å². The summed E-state index contributed by atoms with van der Waals surface area (Å²) in [7, 11) is 0. The van der Waals surface area contributed by atoms with Crippen LogP contribution in [0.4, 0.5) is 10.1 Å². The highest BCUT2D eigenvalue weighted by Crippen LogP contribution is 2.29. The molecule has 0 aliphatic rings. The molecule has 21 heavy (non-hydrogen) atoms. The Kier molecular flexibility index (Phi) is 4.04. The summed E-state index contributed by atoms with van der Waals surface area (Å²) in [5.74, 6) is -2.49. The molecule has 0 unspecified atom stereocenters. The van der Waals surface area contributed by atoms with Gasteiger partial charge in [0.05, 0.1) is 11.3 Å². The maximum absolute atomic E-state index is 13.8. The molecule has 0 aromatic heterocycles. The molecule has 0 saturated carbocycles. The number of carbonyl (C=O) groups is 1. The second kappa shape index (κ2) is 5.76. The van der Waals surface area contributed by atoms with Crippen LogP contribution in [0.3, 0.4) is 0 Å². The van der Waals surface area contributed by atoms with Crippen LogP contribution < -0.4 is 11.1 Å². The van der Waals surface area contributed by atoms with E-state index in [2.05, 4.69) is 5.32 Å². The van der Waals surface area contributed by atoms with Crippen LogP contribution in [-0.2, 0) is 0 Å². The van der Waals surface area contributed by atoms with Crippen LogP contribution in [0.15, 0.2) is 36.4 Å². The molecule has 0 atom stereocenters. The molecule has 0 spiro atoms. The lowest BCUT2D eigenvalue weighted by atomic mass is 10.1. The van der Waals surface area contributed by atoms with Gasteiger partial charge in [0.2, 0.25) is 0 Å². The zero-order valence-electron chi connectivity index (χ0n) is 10.6. The number of rotatable bonds is 3. The molecule has 108 valence electrons. The molecular weight excluding hydrogens is 295 g/mol. The Morgan fingerprint density at radius 2 is 1.95 bits per heavy atom. The first-order valence-corrected chi connectivity index (χ1v) is 6.22. The fraction of sp³-hybridized carbons (Fsp3) is 0. The highest BCUT2D eigenvalue weighted by molar-refractivity contribution is 7.80. The van der Waals surface area contributed by atoms with Gasteiger partial charge < -0.3 is 21.3 Å². The van der Waals surface area contributed by atoms with Crippen LogP contribution in [0, 0.1) is 5.82 Å². The number of halogens is 1. The summed E-state index contributed by atoms with van der Waals surface area (Å²) < 4.78 is 13.8. The van der Waals surface area contributed by atoms with Gasteiger partial charge in [-0.3, -0.25) is 4.79 Å². The molecular formula is C14H11FN2O3S. The van der Waals surface area contributed by atoms with Crippen molar-refractivity contribution in [1.29, 1.82) is 0 Å². The lowest BCUT2D eigenvalue weighted by Crippen LogP contribution is -2.14. The van der Waals surface area contributed by atoms with Crippen molar-refractivity contribution in [3.63, 3.8) is 0 Å². The minimum absolute atomic E-state index is 0.0393. The Labute approximate surface area is 124 Å². The zero-order chi connectivity index (χ0) is 15.6. The number of benzene rings is 2. The molecule has 2 rings (SSSR count). The Morgan fingerprint density at radius 1 is 1.24 bits per heavy atom. The van der Waals surface area contributed by atoms with E-state index in [-0.39, 0.29) is 16.2 Å². The van der Waals surface area contributed by atoms with Gasteiger partial charge in [0.1, 0.15) is 10.8 Å². The van der Waals surface area contributed by atoms with Crippen molar-refractivity contribution in [2.75, 3.05) is 5.32 Å². The third-order valence-electron chi connectivity index (χ3n) is 2.76. The van der Waals surface area contributed by atoms with Crippen molar-refractivity contribution in [3.8, 4) is 11.5 Å². The Balaban J connectivity index is 2.28. The van der Waals surface area contributed by atoms with E-state index in [0.29, 0.717) is 5.56 Å². The highest BCUT2D eigenvalue weighted by atomic mass is 32.1. The van der Waals surface area contributed by atoms with Gasteiger partial charge in [-0.15, -0.1) is 0 Å². The predicted octanol–water partition coefficient (Wildman–Crippen LogP) is 2.12. The number of amides is 1. The van der Waals surface area contributed by atoms with Gasteiger partial charge in [-0.1, -0.05) is 18.3 Å². The molecule has 7 heteroatoms. The molecule has 5 nitrogen and oxygen atoms in total. The molecule has 0 heterocycles. The fourth-order valence-electron chi connectivity index (χ4n) is 1.67. The van der Waals surface area contributed by atoms with Crippen molar-refractivity contribution in [2.45, 2.75) is 0 Å². The standard InChI is InChI=1S/C14H11FN2O3S/c15-9-6-7(13(16)21)4-5-10(9)17-14(20)8-2-1-3-11(18)12(8)19/h1-6,18-19H,(H2,16,21)(H,17,20). The molecule has 0 aliphatic carbocycles. The number of nitrogens with one attached hydrogen (secondary N) is 1. The number of carbonyl (C=O) groups excluding carboxylic acids is 1. The van der Waals surface area contributed by atoms with E-state index in [1.54, 1.807) is 0 Å². The third kappa shape index (κ3) is 3.09. The van der Waals surface area contributed by atoms with Gasteiger partial charge in [0, 0.05) is 5.56 Å². The number of aromatic hydroxyl groups is 2. The topological polar surface area (TPSA) is 95.6 Å². The van der Waals surface area contributed by atoms with Crippen molar-refractivity contribution in [1.82, 2.24) is 0 Å². The molecule has 0 fully saturated rings. The van der Waals surface area contributed by atoms with Crippen LogP contribution in [0.25, 0.3) is 0 Å². The van der Waals surface area contributed by atoms with Crippen molar-refractivity contribution in [2.24, 2.45) is 5.73 Å². The van der Waals surface area contributed by atoms with Crippen LogP contribution in [-0.4, -0.2) is 21.1 Å². The number of hydrogen-bond donors (Lipinski definition) is 4. The molecule has 0 aliphatic heterocycles. The van der Waals surface area contributed by atoms with Crippen LogP contribution in [0.1, 0.15) is 15.9 Å². The second-order valence-corrected chi connectivity index (χ2v) is 4.63. The van der Waals surface area contributed by atoms with E-state index in [4.69, 9.17) is 18.0 Å². The maximum atomic E-state index is 13.8. The largest absolute Gasteiger partial charge is 0.504 e. The zero-order valence-corrected chi connectivity index (χ0v) is 11.4. The Morgan fingerprint density at radius 3 is 2.57 bits per heavy atom. The van der Waals surface area contributed by atoms with Gasteiger partial charge in [0.15, 0.2) is 11.5 Å². The number of para-hydroxylation sites is 1. The van der Waals surface area contributed by atoms with Gasteiger partial charge >= 0.3 is 0 Å². The number of phenolic OH excluding ortho intramolecular Hbond substituents is 2. The van der Waals surface area contributed by atoms with E-state index in [1.807, 2.05) is 0 Å². The lowest BCUT2D eigenvalue weighted by Gasteiger charge is -2.09. The normalized spacial score (nSPS) is 10.1. The van der Waals surface area contributed by atoms with Crippen LogP contribution >= 0.6 is 12.2 Å². The predicted molar refractivity (Wildman–Crippen MR) is 80.0 cm³/mol. The Hall–Kier alpha value is -2.67. The van der Waals surface area contributed by atoms with Gasteiger partial charge in [-0.2, -0.15) is 0 Å². The summed E-state index contributed by atoms with van der Waals surface area (Å²) in [4.78, 5) is 12.0. The summed E-state index contributed by atoms with van der Waals surface area (Å²) in [6.07, 6.45) is 0. The molecule has 2 aromatic rings. The average Bonchev–Trinajstić information content (AvgIpc) is 2.43. The fourth-order valence-corrected chi connectivity index (χ4v) is 1.80. The first-order valence-electron chi connectivity index (χ1n) is 5.82. The molecule has 2 aromatic carbocycles. The molecule has 0 bridgehead atoms. The number of anilines is 1. The second-order valence-electron chi connectivity index (χ2n) is 4.19. The summed E-state index contributed by atoms with van der Waals surface area (Å²) in [6, 6.07) is 7.77. The summed E-state index contributed by atoms with van der Waals surface area (Å²) in [6.45, 7) is 0. The van der Waals surface area contributed by atoms with E-state index in [1.165, 1.54) is 30.3 Å². The van der Waals surface area contributed by atoms with Crippen molar-refractivity contribution >= 4 is 28.8 Å². The quantitative estimate of drug-likeness (QED) is 0.514.